The van der Waals surface area contributed by atoms with Crippen LogP contribution >= 0.6 is 0 Å². The quantitative estimate of drug-likeness (QED) is 0.734. The van der Waals surface area contributed by atoms with Crippen molar-refractivity contribution in [1.82, 2.24) is 5.32 Å². The van der Waals surface area contributed by atoms with E-state index in [4.69, 9.17) is 4.74 Å². The van der Waals surface area contributed by atoms with Gasteiger partial charge < -0.3 is 15.2 Å². The van der Waals surface area contributed by atoms with E-state index in [-0.39, 0.29) is 0 Å². The second-order valence-corrected chi connectivity index (χ2v) is 5.64. The maximum atomic E-state index is 11.9. The number of carbonyl (C=O) groups is 1. The van der Waals surface area contributed by atoms with Gasteiger partial charge in [0.2, 0.25) is 0 Å². The maximum Gasteiger partial charge on any atom is 0.338 e. The molecule has 0 aromatic rings. The highest BCUT2D eigenvalue weighted by Crippen LogP contribution is 2.30. The van der Waals surface area contributed by atoms with Crippen LogP contribution in [0.4, 0.5) is 0 Å². The summed E-state index contributed by atoms with van der Waals surface area (Å²) in [5.41, 5.74) is -1.87. The van der Waals surface area contributed by atoms with Crippen molar-refractivity contribution in [3.8, 4) is 0 Å². The van der Waals surface area contributed by atoms with Crippen molar-refractivity contribution in [3.05, 3.63) is 0 Å². The van der Waals surface area contributed by atoms with Crippen LogP contribution in [0, 0.1) is 5.92 Å². The molecule has 0 spiro atoms. The lowest BCUT2D eigenvalue weighted by Crippen LogP contribution is -2.47. The van der Waals surface area contributed by atoms with Gasteiger partial charge in [-0.25, -0.2) is 4.79 Å². The van der Waals surface area contributed by atoms with Crippen molar-refractivity contribution in [2.24, 2.45) is 5.92 Å². The fraction of sp³-hybridized carbons (Fsp3) is 0.923. The minimum absolute atomic E-state index is 0.361. The Hall–Kier alpha value is -0.610. The second-order valence-electron chi connectivity index (χ2n) is 5.64. The predicted molar refractivity (Wildman–Crippen MR) is 66.7 cm³/mol. The molecule has 1 aliphatic rings. The minimum atomic E-state index is -1.37. The third kappa shape index (κ3) is 3.68. The summed E-state index contributed by atoms with van der Waals surface area (Å²) in [6.45, 7) is 9.09. The first kappa shape index (κ1) is 14.5. The van der Waals surface area contributed by atoms with E-state index in [2.05, 4.69) is 5.32 Å². The number of esters is 1. The Morgan fingerprint density at radius 1 is 1.35 bits per heavy atom. The summed E-state index contributed by atoms with van der Waals surface area (Å²) in [6.07, 6.45) is 2.39. The van der Waals surface area contributed by atoms with Crippen LogP contribution in [-0.2, 0) is 9.53 Å². The lowest BCUT2D eigenvalue weighted by Gasteiger charge is -2.38. The lowest BCUT2D eigenvalue weighted by atomic mass is 9.83. The summed E-state index contributed by atoms with van der Waals surface area (Å²) in [7, 11) is 0. The molecule has 0 saturated carbocycles. The average Bonchev–Trinajstić information content (AvgIpc) is 2.29. The molecule has 0 radical (unpaired) electrons. The van der Waals surface area contributed by atoms with Gasteiger partial charge in [-0.05, 0) is 53.1 Å². The smallest absolute Gasteiger partial charge is 0.338 e. The third-order valence-corrected chi connectivity index (χ3v) is 3.81. The van der Waals surface area contributed by atoms with Crippen LogP contribution in [0.15, 0.2) is 0 Å². The van der Waals surface area contributed by atoms with E-state index in [0.717, 1.165) is 25.9 Å². The molecule has 0 bridgehead atoms. The number of hydrogen-bond acceptors (Lipinski definition) is 4. The highest BCUT2D eigenvalue weighted by atomic mass is 16.6. The molecule has 0 aromatic heterocycles. The highest BCUT2D eigenvalue weighted by molar-refractivity contribution is 5.79. The first-order valence-electron chi connectivity index (χ1n) is 6.46. The molecule has 4 nitrogen and oxygen atoms in total. The zero-order chi connectivity index (χ0) is 13.1. The molecule has 100 valence electrons. The molecular formula is C13H25NO3. The highest BCUT2D eigenvalue weighted by Gasteiger charge is 2.39. The van der Waals surface area contributed by atoms with Crippen LogP contribution in [0.5, 0.6) is 0 Å². The fourth-order valence-electron chi connectivity index (χ4n) is 2.09. The largest absolute Gasteiger partial charge is 0.457 e. The molecule has 1 aliphatic heterocycles. The molecule has 1 fully saturated rings. The summed E-state index contributed by atoms with van der Waals surface area (Å²) < 4.78 is 5.52. The molecule has 1 heterocycles. The van der Waals surface area contributed by atoms with Crippen LogP contribution in [0.1, 0.15) is 47.0 Å². The van der Waals surface area contributed by atoms with Gasteiger partial charge in [-0.15, -0.1) is 0 Å². The maximum absolute atomic E-state index is 11.9. The van der Waals surface area contributed by atoms with Crippen molar-refractivity contribution in [2.75, 3.05) is 13.1 Å². The van der Waals surface area contributed by atoms with E-state index < -0.39 is 17.2 Å². The van der Waals surface area contributed by atoms with E-state index >= 15 is 0 Å². The van der Waals surface area contributed by atoms with Crippen molar-refractivity contribution in [3.63, 3.8) is 0 Å². The molecular weight excluding hydrogens is 218 g/mol. The van der Waals surface area contributed by atoms with E-state index in [0.29, 0.717) is 12.3 Å². The number of carbonyl (C=O) groups excluding carboxylic acids is 1. The monoisotopic (exact) mass is 243 g/mol. The molecule has 0 amide bonds. The summed E-state index contributed by atoms with van der Waals surface area (Å²) in [6, 6.07) is 0. The molecule has 2 N–H and O–H groups in total. The molecule has 1 atom stereocenters. The number of nitrogens with one attached hydrogen (secondary N) is 1. The first-order valence-corrected chi connectivity index (χ1v) is 6.46. The summed E-state index contributed by atoms with van der Waals surface area (Å²) in [5.74, 6) is -0.149. The van der Waals surface area contributed by atoms with Gasteiger partial charge in [-0.3, -0.25) is 0 Å². The second kappa shape index (κ2) is 5.36. The molecule has 1 saturated heterocycles. The first-order chi connectivity index (χ1) is 7.79. The van der Waals surface area contributed by atoms with Crippen molar-refractivity contribution in [2.45, 2.75) is 58.2 Å². The molecule has 0 aromatic carbocycles. The van der Waals surface area contributed by atoms with E-state index in [1.54, 1.807) is 6.92 Å². The van der Waals surface area contributed by atoms with Crippen LogP contribution in [-0.4, -0.2) is 35.4 Å². The van der Waals surface area contributed by atoms with Gasteiger partial charge in [-0.2, -0.15) is 0 Å². The minimum Gasteiger partial charge on any atom is -0.457 e. The van der Waals surface area contributed by atoms with Crippen molar-refractivity contribution >= 4 is 5.97 Å². The van der Waals surface area contributed by atoms with Gasteiger partial charge in [0.05, 0.1) is 0 Å². The predicted octanol–water partition coefficient (Wildman–Crippen LogP) is 1.47. The van der Waals surface area contributed by atoms with E-state index in [1.165, 1.54) is 6.92 Å². The van der Waals surface area contributed by atoms with Gasteiger partial charge in [0.25, 0.3) is 0 Å². The van der Waals surface area contributed by atoms with Crippen molar-refractivity contribution in [1.29, 1.82) is 0 Å². The Bertz CT molecular complexity index is 268. The zero-order valence-electron chi connectivity index (χ0n) is 11.4. The number of aliphatic hydroxyl groups is 1. The average molecular weight is 243 g/mol. The summed E-state index contributed by atoms with van der Waals surface area (Å²) >= 11 is 0. The Morgan fingerprint density at radius 2 is 1.88 bits per heavy atom. The third-order valence-electron chi connectivity index (χ3n) is 3.81. The number of ether oxygens (including phenoxy) is 1. The molecule has 1 rings (SSSR count). The standard InChI is InChI=1S/C13H25NO3/c1-5-13(4,16)11(15)17-12(2,3)10-6-8-14-9-7-10/h10,14,16H,5-9H2,1-4H3. The molecule has 17 heavy (non-hydrogen) atoms. The van der Waals surface area contributed by atoms with Crippen LogP contribution < -0.4 is 5.32 Å². The lowest BCUT2D eigenvalue weighted by molar-refractivity contribution is -0.183. The Balaban J connectivity index is 2.61. The van der Waals surface area contributed by atoms with Gasteiger partial charge in [0, 0.05) is 5.92 Å². The van der Waals surface area contributed by atoms with Crippen molar-refractivity contribution < 1.29 is 14.6 Å². The Kier molecular flexibility index (Phi) is 4.55. The topological polar surface area (TPSA) is 58.6 Å². The molecule has 1 unspecified atom stereocenters. The van der Waals surface area contributed by atoms with E-state index in [9.17, 15) is 9.90 Å². The summed E-state index contributed by atoms with van der Waals surface area (Å²) in [5, 5.41) is 13.2. The number of hydrogen-bond donors (Lipinski definition) is 2. The van der Waals surface area contributed by atoms with E-state index in [1.807, 2.05) is 13.8 Å². The zero-order valence-corrected chi connectivity index (χ0v) is 11.4. The summed E-state index contributed by atoms with van der Waals surface area (Å²) in [4.78, 5) is 11.9. The Morgan fingerprint density at radius 3 is 2.35 bits per heavy atom. The molecule has 0 aliphatic carbocycles. The van der Waals surface area contributed by atoms with Gasteiger partial charge in [0.1, 0.15) is 5.60 Å². The Labute approximate surface area is 104 Å². The van der Waals surface area contributed by atoms with Gasteiger partial charge >= 0.3 is 5.97 Å². The van der Waals surface area contributed by atoms with Gasteiger partial charge in [0.15, 0.2) is 5.60 Å². The number of rotatable bonds is 4. The normalized spacial score (nSPS) is 21.9. The fourth-order valence-corrected chi connectivity index (χ4v) is 2.09. The van der Waals surface area contributed by atoms with Gasteiger partial charge in [-0.1, -0.05) is 6.92 Å². The number of piperidine rings is 1. The SMILES string of the molecule is CCC(C)(O)C(=O)OC(C)(C)C1CCNCC1. The van der Waals surface area contributed by atoms with Crippen LogP contribution in [0.25, 0.3) is 0 Å². The van der Waals surface area contributed by atoms with Crippen LogP contribution in [0.2, 0.25) is 0 Å². The van der Waals surface area contributed by atoms with Crippen LogP contribution in [0.3, 0.4) is 0 Å². The molecule has 4 heteroatoms.